The van der Waals surface area contributed by atoms with Gasteiger partial charge in [-0.3, -0.25) is 4.79 Å². The van der Waals surface area contributed by atoms with Gasteiger partial charge in [0.25, 0.3) is 0 Å². The molecule has 0 aliphatic heterocycles. The SMILES string of the molecule is Cc1ccnc(SC(Cc2ccccc2)C(=O)O)c1C#N. The molecule has 0 saturated carbocycles. The minimum absolute atomic E-state index is 0.390. The number of rotatable bonds is 5. The molecule has 1 aromatic carbocycles. The number of carboxylic acid groups (broad SMARTS) is 1. The van der Waals surface area contributed by atoms with Crippen LogP contribution in [0.4, 0.5) is 0 Å². The van der Waals surface area contributed by atoms with E-state index in [1.165, 1.54) is 0 Å². The fourth-order valence-corrected chi connectivity index (χ4v) is 2.99. The number of thioether (sulfide) groups is 1. The maximum atomic E-state index is 11.5. The summed E-state index contributed by atoms with van der Waals surface area (Å²) in [6, 6.07) is 13.3. The van der Waals surface area contributed by atoms with Gasteiger partial charge in [-0.15, -0.1) is 0 Å². The molecular formula is C16H14N2O2S. The maximum Gasteiger partial charge on any atom is 0.317 e. The number of nitrogens with zero attached hydrogens (tertiary/aromatic N) is 2. The molecule has 0 fully saturated rings. The Morgan fingerprint density at radius 1 is 1.38 bits per heavy atom. The Morgan fingerprint density at radius 3 is 2.71 bits per heavy atom. The Morgan fingerprint density at radius 2 is 2.10 bits per heavy atom. The van der Waals surface area contributed by atoms with Crippen molar-refractivity contribution in [1.29, 1.82) is 5.26 Å². The number of benzene rings is 1. The fourth-order valence-electron chi connectivity index (χ4n) is 1.90. The predicted molar refractivity (Wildman–Crippen MR) is 81.1 cm³/mol. The number of hydrogen-bond donors (Lipinski definition) is 1. The van der Waals surface area contributed by atoms with Gasteiger partial charge < -0.3 is 5.11 Å². The van der Waals surface area contributed by atoms with Crippen LogP contribution in [0.2, 0.25) is 0 Å². The third kappa shape index (κ3) is 3.83. The Labute approximate surface area is 127 Å². The molecule has 2 aromatic rings. The molecule has 0 spiro atoms. The average Bonchev–Trinajstić information content (AvgIpc) is 2.48. The van der Waals surface area contributed by atoms with Crippen LogP contribution in [0.15, 0.2) is 47.6 Å². The lowest BCUT2D eigenvalue weighted by molar-refractivity contribution is -0.136. The number of aromatic nitrogens is 1. The van der Waals surface area contributed by atoms with Gasteiger partial charge in [0.2, 0.25) is 0 Å². The van der Waals surface area contributed by atoms with Crippen molar-refractivity contribution in [3.8, 4) is 6.07 Å². The summed E-state index contributed by atoms with van der Waals surface area (Å²) in [5.74, 6) is -0.906. The number of hydrogen-bond acceptors (Lipinski definition) is 4. The Kier molecular flexibility index (Phi) is 4.96. The molecule has 1 N–H and O–H groups in total. The number of aliphatic carboxylic acids is 1. The smallest absolute Gasteiger partial charge is 0.317 e. The van der Waals surface area contributed by atoms with Crippen LogP contribution in [-0.2, 0) is 11.2 Å². The summed E-state index contributed by atoms with van der Waals surface area (Å²) in [5.41, 5.74) is 2.20. The monoisotopic (exact) mass is 298 g/mol. The van der Waals surface area contributed by atoms with E-state index in [4.69, 9.17) is 0 Å². The minimum Gasteiger partial charge on any atom is -0.480 e. The molecule has 1 heterocycles. The van der Waals surface area contributed by atoms with E-state index in [9.17, 15) is 15.2 Å². The molecule has 106 valence electrons. The molecule has 0 aliphatic rings. The van der Waals surface area contributed by atoms with Gasteiger partial charge in [0.15, 0.2) is 0 Å². The molecule has 5 heteroatoms. The lowest BCUT2D eigenvalue weighted by Crippen LogP contribution is -2.19. The van der Waals surface area contributed by atoms with E-state index in [2.05, 4.69) is 11.1 Å². The van der Waals surface area contributed by atoms with E-state index in [1.807, 2.05) is 37.3 Å². The van der Waals surface area contributed by atoms with Crippen LogP contribution in [0.1, 0.15) is 16.7 Å². The molecule has 0 amide bonds. The first-order chi connectivity index (χ1) is 10.1. The maximum absolute atomic E-state index is 11.5. The molecule has 0 bridgehead atoms. The van der Waals surface area contributed by atoms with Crippen LogP contribution < -0.4 is 0 Å². The average molecular weight is 298 g/mol. The minimum atomic E-state index is -0.906. The highest BCUT2D eigenvalue weighted by Gasteiger charge is 2.22. The summed E-state index contributed by atoms with van der Waals surface area (Å²) in [5, 5.41) is 18.4. The number of carbonyl (C=O) groups is 1. The van der Waals surface area contributed by atoms with Gasteiger partial charge in [-0.1, -0.05) is 42.1 Å². The van der Waals surface area contributed by atoms with Crippen molar-refractivity contribution in [2.75, 3.05) is 0 Å². The van der Waals surface area contributed by atoms with Crippen molar-refractivity contribution >= 4 is 17.7 Å². The van der Waals surface area contributed by atoms with Crippen LogP contribution in [0, 0.1) is 18.3 Å². The van der Waals surface area contributed by atoms with Crippen LogP contribution in [0.5, 0.6) is 0 Å². The van der Waals surface area contributed by atoms with Gasteiger partial charge in [-0.05, 0) is 30.5 Å². The topological polar surface area (TPSA) is 74.0 Å². The number of carboxylic acids is 1. The second kappa shape index (κ2) is 6.91. The number of aryl methyl sites for hydroxylation is 1. The summed E-state index contributed by atoms with van der Waals surface area (Å²) in [4.78, 5) is 15.6. The van der Waals surface area contributed by atoms with Crippen LogP contribution in [0.3, 0.4) is 0 Å². The summed E-state index contributed by atoms with van der Waals surface area (Å²) >= 11 is 1.12. The molecule has 0 saturated heterocycles. The van der Waals surface area contributed by atoms with Gasteiger partial charge in [0, 0.05) is 6.20 Å². The Hall–Kier alpha value is -2.32. The molecule has 2 rings (SSSR count). The van der Waals surface area contributed by atoms with Crippen LogP contribution in [-0.4, -0.2) is 21.3 Å². The lowest BCUT2D eigenvalue weighted by atomic mass is 10.1. The van der Waals surface area contributed by atoms with Gasteiger partial charge in [-0.25, -0.2) is 4.98 Å². The van der Waals surface area contributed by atoms with Gasteiger partial charge >= 0.3 is 5.97 Å². The standard InChI is InChI=1S/C16H14N2O2S/c1-11-7-8-18-15(13(11)10-17)21-14(16(19)20)9-12-5-3-2-4-6-12/h2-8,14H,9H2,1H3,(H,19,20). The van der Waals surface area contributed by atoms with E-state index < -0.39 is 11.2 Å². The fraction of sp³-hybridized carbons (Fsp3) is 0.188. The van der Waals surface area contributed by atoms with Crippen molar-refractivity contribution in [1.82, 2.24) is 4.98 Å². The van der Waals surface area contributed by atoms with Crippen molar-refractivity contribution in [3.05, 3.63) is 59.3 Å². The van der Waals surface area contributed by atoms with Crippen molar-refractivity contribution in [2.45, 2.75) is 23.6 Å². The molecule has 0 aliphatic carbocycles. The Balaban J connectivity index is 2.24. The normalized spacial score (nSPS) is 11.6. The third-order valence-electron chi connectivity index (χ3n) is 3.03. The van der Waals surface area contributed by atoms with E-state index >= 15 is 0 Å². The van der Waals surface area contributed by atoms with Crippen molar-refractivity contribution in [3.63, 3.8) is 0 Å². The summed E-state index contributed by atoms with van der Waals surface area (Å²) in [6.07, 6.45) is 1.99. The summed E-state index contributed by atoms with van der Waals surface area (Å²) < 4.78 is 0. The first kappa shape index (κ1) is 15.1. The summed E-state index contributed by atoms with van der Waals surface area (Å²) in [7, 11) is 0. The molecule has 0 radical (unpaired) electrons. The van der Waals surface area contributed by atoms with Crippen molar-refractivity contribution in [2.24, 2.45) is 0 Å². The van der Waals surface area contributed by atoms with E-state index in [1.54, 1.807) is 12.3 Å². The van der Waals surface area contributed by atoms with Gasteiger partial charge in [0.05, 0.1) is 5.56 Å². The highest BCUT2D eigenvalue weighted by atomic mass is 32.2. The van der Waals surface area contributed by atoms with Gasteiger partial charge in [-0.2, -0.15) is 5.26 Å². The molecule has 21 heavy (non-hydrogen) atoms. The van der Waals surface area contributed by atoms with E-state index in [0.29, 0.717) is 17.0 Å². The van der Waals surface area contributed by atoms with E-state index in [0.717, 1.165) is 22.9 Å². The molecule has 1 unspecified atom stereocenters. The third-order valence-corrected chi connectivity index (χ3v) is 4.22. The molecule has 1 atom stereocenters. The molecule has 4 nitrogen and oxygen atoms in total. The molecule has 1 aromatic heterocycles. The molecular weight excluding hydrogens is 284 g/mol. The summed E-state index contributed by atoms with van der Waals surface area (Å²) in [6.45, 7) is 1.82. The first-order valence-corrected chi connectivity index (χ1v) is 7.29. The van der Waals surface area contributed by atoms with E-state index in [-0.39, 0.29) is 0 Å². The second-order valence-corrected chi connectivity index (χ2v) is 5.75. The van der Waals surface area contributed by atoms with Crippen molar-refractivity contribution < 1.29 is 9.90 Å². The number of pyridine rings is 1. The van der Waals surface area contributed by atoms with Crippen LogP contribution in [0.25, 0.3) is 0 Å². The zero-order valence-electron chi connectivity index (χ0n) is 11.5. The highest BCUT2D eigenvalue weighted by molar-refractivity contribution is 8.00. The zero-order chi connectivity index (χ0) is 15.2. The lowest BCUT2D eigenvalue weighted by Gasteiger charge is -2.13. The zero-order valence-corrected chi connectivity index (χ0v) is 12.3. The Bertz CT molecular complexity index is 680. The van der Waals surface area contributed by atoms with Crippen LogP contribution >= 0.6 is 11.8 Å². The first-order valence-electron chi connectivity index (χ1n) is 6.41. The predicted octanol–water partition coefficient (Wildman–Crippen LogP) is 3.05. The van der Waals surface area contributed by atoms with Gasteiger partial charge in [0.1, 0.15) is 16.3 Å². The second-order valence-electron chi connectivity index (χ2n) is 4.55. The highest BCUT2D eigenvalue weighted by Crippen LogP contribution is 2.28. The quantitative estimate of drug-likeness (QED) is 0.859. The largest absolute Gasteiger partial charge is 0.480 e. The number of nitriles is 1.